The van der Waals surface area contributed by atoms with Crippen molar-refractivity contribution in [3.8, 4) is 0 Å². The van der Waals surface area contributed by atoms with E-state index < -0.39 is 0 Å². The van der Waals surface area contributed by atoms with Gasteiger partial charge < -0.3 is 16.0 Å². The first kappa shape index (κ1) is 14.0. The van der Waals surface area contributed by atoms with Gasteiger partial charge in [-0.1, -0.05) is 6.92 Å². The topological polar surface area (TPSA) is 75.4 Å². The van der Waals surface area contributed by atoms with Gasteiger partial charge in [0, 0.05) is 19.6 Å². The van der Waals surface area contributed by atoms with Crippen molar-refractivity contribution in [2.24, 2.45) is 11.7 Å². The number of hydrogen-bond acceptors (Lipinski definition) is 3. The molecule has 0 aromatic carbocycles. The Morgan fingerprint density at radius 2 is 2.00 bits per heavy atom. The van der Waals surface area contributed by atoms with Crippen molar-refractivity contribution < 1.29 is 9.59 Å². The summed E-state index contributed by atoms with van der Waals surface area (Å²) in [6.07, 6.45) is 2.70. The summed E-state index contributed by atoms with van der Waals surface area (Å²) in [4.78, 5) is 25.7. The minimum absolute atomic E-state index is 0.00620. The number of carbonyl (C=O) groups excluding carboxylic acids is 2. The highest BCUT2D eigenvalue weighted by atomic mass is 16.2. The van der Waals surface area contributed by atoms with E-state index in [1.54, 1.807) is 11.9 Å². The molecule has 2 amide bonds. The van der Waals surface area contributed by atoms with Crippen molar-refractivity contribution >= 4 is 11.8 Å². The molecule has 1 aliphatic rings. The molecule has 17 heavy (non-hydrogen) atoms. The minimum Gasteiger partial charge on any atom is -0.357 e. The highest BCUT2D eigenvalue weighted by Crippen LogP contribution is 2.20. The quantitative estimate of drug-likeness (QED) is 0.735. The van der Waals surface area contributed by atoms with Gasteiger partial charge in [0.2, 0.25) is 11.8 Å². The van der Waals surface area contributed by atoms with E-state index in [-0.39, 0.29) is 29.8 Å². The summed E-state index contributed by atoms with van der Waals surface area (Å²) in [6, 6.07) is -0.503. The molecule has 3 N–H and O–H groups in total. The number of nitrogens with one attached hydrogen (secondary N) is 1. The van der Waals surface area contributed by atoms with Crippen LogP contribution in [0.3, 0.4) is 0 Å². The first-order valence-electron chi connectivity index (χ1n) is 6.26. The SMILES string of the molecule is CNC(=O)C1CCCCN1C(=O)C(C)C(C)N. The normalized spacial score (nSPS) is 24.0. The fraction of sp³-hybridized carbons (Fsp3) is 0.833. The van der Waals surface area contributed by atoms with Crippen molar-refractivity contribution in [1.29, 1.82) is 0 Å². The number of hydrogen-bond donors (Lipinski definition) is 2. The number of nitrogens with zero attached hydrogens (tertiary/aromatic N) is 1. The summed E-state index contributed by atoms with van der Waals surface area (Å²) in [5.74, 6) is -0.316. The summed E-state index contributed by atoms with van der Waals surface area (Å²) < 4.78 is 0. The second-order valence-electron chi connectivity index (χ2n) is 4.81. The molecule has 5 heteroatoms. The van der Waals surface area contributed by atoms with E-state index in [4.69, 9.17) is 5.73 Å². The molecule has 98 valence electrons. The second kappa shape index (κ2) is 6.00. The number of carbonyl (C=O) groups is 2. The Morgan fingerprint density at radius 3 is 2.53 bits per heavy atom. The average Bonchev–Trinajstić information content (AvgIpc) is 2.35. The zero-order valence-electron chi connectivity index (χ0n) is 10.9. The van der Waals surface area contributed by atoms with E-state index in [0.717, 1.165) is 19.3 Å². The minimum atomic E-state index is -0.317. The monoisotopic (exact) mass is 241 g/mol. The van der Waals surface area contributed by atoms with Crippen LogP contribution in [0.15, 0.2) is 0 Å². The lowest BCUT2D eigenvalue weighted by Crippen LogP contribution is -2.54. The van der Waals surface area contributed by atoms with Crippen LogP contribution in [0.25, 0.3) is 0 Å². The molecule has 0 aromatic rings. The van der Waals surface area contributed by atoms with Crippen LogP contribution in [-0.2, 0) is 9.59 Å². The Hall–Kier alpha value is -1.10. The van der Waals surface area contributed by atoms with Gasteiger partial charge in [-0.2, -0.15) is 0 Å². The molecule has 0 aromatic heterocycles. The third-order valence-corrected chi connectivity index (χ3v) is 3.51. The van der Waals surface area contributed by atoms with Crippen LogP contribution < -0.4 is 11.1 Å². The third kappa shape index (κ3) is 3.19. The molecule has 1 fully saturated rings. The van der Waals surface area contributed by atoms with Gasteiger partial charge in [0.25, 0.3) is 0 Å². The fourth-order valence-corrected chi connectivity index (χ4v) is 2.12. The number of rotatable bonds is 3. The highest BCUT2D eigenvalue weighted by molar-refractivity contribution is 5.88. The maximum absolute atomic E-state index is 12.2. The van der Waals surface area contributed by atoms with Gasteiger partial charge >= 0.3 is 0 Å². The van der Waals surface area contributed by atoms with Crippen LogP contribution in [0.2, 0.25) is 0 Å². The zero-order valence-corrected chi connectivity index (χ0v) is 10.9. The smallest absolute Gasteiger partial charge is 0.242 e. The van der Waals surface area contributed by atoms with Gasteiger partial charge in [-0.05, 0) is 26.2 Å². The van der Waals surface area contributed by atoms with Crippen LogP contribution in [0.5, 0.6) is 0 Å². The predicted molar refractivity (Wildman–Crippen MR) is 66.2 cm³/mol. The Bertz CT molecular complexity index is 291. The van der Waals surface area contributed by atoms with Crippen molar-refractivity contribution in [2.75, 3.05) is 13.6 Å². The second-order valence-corrected chi connectivity index (χ2v) is 4.81. The molecule has 5 nitrogen and oxygen atoms in total. The summed E-state index contributed by atoms with van der Waals surface area (Å²) >= 11 is 0. The average molecular weight is 241 g/mol. The molecule has 0 spiro atoms. The highest BCUT2D eigenvalue weighted by Gasteiger charge is 2.34. The standard InChI is InChI=1S/C12H23N3O2/c1-8(9(2)13)12(17)15-7-5-4-6-10(15)11(16)14-3/h8-10H,4-7,13H2,1-3H3,(H,14,16). The fourth-order valence-electron chi connectivity index (χ4n) is 2.12. The Kier molecular flexibility index (Phi) is 4.93. The first-order valence-corrected chi connectivity index (χ1v) is 6.26. The van der Waals surface area contributed by atoms with Crippen LogP contribution in [0, 0.1) is 5.92 Å². The molecule has 3 atom stereocenters. The summed E-state index contributed by atoms with van der Waals surface area (Å²) in [7, 11) is 1.61. The van der Waals surface area contributed by atoms with E-state index in [9.17, 15) is 9.59 Å². The number of nitrogens with two attached hydrogens (primary N) is 1. The van der Waals surface area contributed by atoms with Crippen molar-refractivity contribution in [3.63, 3.8) is 0 Å². The molecule has 0 aliphatic carbocycles. The molecule has 0 radical (unpaired) electrons. The van der Waals surface area contributed by atoms with Gasteiger partial charge in [-0.25, -0.2) is 0 Å². The van der Waals surface area contributed by atoms with Gasteiger partial charge in [-0.15, -0.1) is 0 Å². The molecule has 1 rings (SSSR count). The maximum atomic E-state index is 12.2. The van der Waals surface area contributed by atoms with Gasteiger partial charge in [-0.3, -0.25) is 9.59 Å². The lowest BCUT2D eigenvalue weighted by atomic mass is 9.96. The van der Waals surface area contributed by atoms with E-state index in [1.807, 2.05) is 13.8 Å². The molecular weight excluding hydrogens is 218 g/mol. The lowest BCUT2D eigenvalue weighted by molar-refractivity contribution is -0.145. The van der Waals surface area contributed by atoms with Crippen LogP contribution >= 0.6 is 0 Å². The lowest BCUT2D eigenvalue weighted by Gasteiger charge is -2.36. The van der Waals surface area contributed by atoms with Crippen LogP contribution in [0.1, 0.15) is 33.1 Å². The largest absolute Gasteiger partial charge is 0.357 e. The molecule has 1 heterocycles. The number of likely N-dealkylation sites (N-methyl/N-ethyl adjacent to an activating group) is 1. The zero-order chi connectivity index (χ0) is 13.0. The maximum Gasteiger partial charge on any atom is 0.242 e. The molecule has 3 unspecified atom stereocenters. The molecule has 1 aliphatic heterocycles. The number of amides is 2. The number of likely N-dealkylation sites (tertiary alicyclic amines) is 1. The van der Waals surface area contributed by atoms with Gasteiger partial charge in [0.1, 0.15) is 6.04 Å². The molecule has 0 saturated carbocycles. The van der Waals surface area contributed by atoms with Gasteiger partial charge in [0.15, 0.2) is 0 Å². The van der Waals surface area contributed by atoms with Crippen LogP contribution in [0.4, 0.5) is 0 Å². The molecule has 0 bridgehead atoms. The first-order chi connectivity index (χ1) is 7.99. The Morgan fingerprint density at radius 1 is 1.35 bits per heavy atom. The van der Waals surface area contributed by atoms with Crippen LogP contribution in [-0.4, -0.2) is 42.4 Å². The number of piperidine rings is 1. The third-order valence-electron chi connectivity index (χ3n) is 3.51. The summed E-state index contributed by atoms with van der Waals surface area (Å²) in [5, 5.41) is 2.62. The van der Waals surface area contributed by atoms with Crippen molar-refractivity contribution in [1.82, 2.24) is 10.2 Å². The Balaban J connectivity index is 2.77. The predicted octanol–water partition coefficient (Wildman–Crippen LogP) is 0.0968. The van der Waals surface area contributed by atoms with Crippen molar-refractivity contribution in [3.05, 3.63) is 0 Å². The van der Waals surface area contributed by atoms with E-state index in [0.29, 0.717) is 6.54 Å². The van der Waals surface area contributed by atoms with Gasteiger partial charge in [0.05, 0.1) is 5.92 Å². The van der Waals surface area contributed by atoms with E-state index >= 15 is 0 Å². The summed E-state index contributed by atoms with van der Waals surface area (Å²) in [6.45, 7) is 4.30. The van der Waals surface area contributed by atoms with E-state index in [1.165, 1.54) is 0 Å². The van der Waals surface area contributed by atoms with E-state index in [2.05, 4.69) is 5.32 Å². The Labute approximate surface area is 103 Å². The summed E-state index contributed by atoms with van der Waals surface area (Å²) in [5.41, 5.74) is 5.75. The molecular formula is C12H23N3O2. The van der Waals surface area contributed by atoms with Crippen molar-refractivity contribution in [2.45, 2.75) is 45.2 Å². The molecule has 1 saturated heterocycles.